The molecule has 0 aliphatic carbocycles. The van der Waals surface area contributed by atoms with Crippen molar-refractivity contribution in [1.82, 2.24) is 0 Å². The number of rotatable bonds is 8. The van der Waals surface area contributed by atoms with Gasteiger partial charge in [-0.25, -0.2) is 9.59 Å². The fourth-order valence-corrected chi connectivity index (χ4v) is 0.772. The highest BCUT2D eigenvalue weighted by Gasteiger charge is 2.40. The molecule has 1 atom stereocenters. The highest BCUT2D eigenvalue weighted by Crippen LogP contribution is 2.15. The van der Waals surface area contributed by atoms with E-state index in [0.717, 1.165) is 0 Å². The number of carboxylic acids is 4. The number of hydrogen-bond donors (Lipinski definition) is 9. The van der Waals surface area contributed by atoms with Crippen molar-refractivity contribution in [2.75, 3.05) is 13.2 Å². The van der Waals surface area contributed by atoms with Gasteiger partial charge in [-0.1, -0.05) is 0 Å². The molecule has 0 aromatic heterocycles. The molecule has 9 N–H and O–H groups in total. The minimum absolute atomic E-state index is 0.365. The zero-order valence-electron chi connectivity index (χ0n) is 13.1. The third-order valence-corrected chi connectivity index (χ3v) is 2.06. The lowest BCUT2D eigenvalue weighted by atomic mass is 9.96. The van der Waals surface area contributed by atoms with Crippen molar-refractivity contribution >= 4 is 23.9 Å². The van der Waals surface area contributed by atoms with Gasteiger partial charge in [-0.15, -0.1) is 0 Å². The van der Waals surface area contributed by atoms with Gasteiger partial charge in [0.25, 0.3) is 0 Å². The molecule has 13 heteroatoms. The Morgan fingerprint density at radius 1 is 0.840 bits per heavy atom. The molecule has 0 aliphatic heterocycles. The lowest BCUT2D eigenvalue weighted by Crippen LogP contribution is -2.42. The normalized spacial score (nSPS) is 11.3. The Balaban J connectivity index is -0.000000336. The molecule has 148 valence electrons. The lowest BCUT2D eigenvalue weighted by Gasteiger charge is -2.18. The van der Waals surface area contributed by atoms with Gasteiger partial charge in [0, 0.05) is 0 Å². The first-order valence-corrected chi connectivity index (χ1v) is 6.43. The van der Waals surface area contributed by atoms with Crippen LogP contribution < -0.4 is 0 Å². The summed E-state index contributed by atoms with van der Waals surface area (Å²) in [5.74, 6) is -6.20. The zero-order valence-corrected chi connectivity index (χ0v) is 13.1. The van der Waals surface area contributed by atoms with Crippen molar-refractivity contribution in [1.29, 1.82) is 0 Å². The minimum atomic E-state index is -2.74. The Hall–Kier alpha value is -2.32. The lowest BCUT2D eigenvalue weighted by molar-refractivity contribution is -0.170. The Morgan fingerprint density at radius 2 is 1.12 bits per heavy atom. The summed E-state index contributed by atoms with van der Waals surface area (Å²) in [6.07, 6.45) is -4.47. The fraction of sp³-hybridized carbons (Fsp3) is 0.667. The quantitative estimate of drug-likeness (QED) is 0.200. The van der Waals surface area contributed by atoms with E-state index in [-0.39, 0.29) is 13.2 Å². The second-order valence-electron chi connectivity index (χ2n) is 4.51. The summed E-state index contributed by atoms with van der Waals surface area (Å²) in [6.45, 7) is 0.468. The molecule has 0 rings (SSSR count). The summed E-state index contributed by atoms with van der Waals surface area (Å²) in [7, 11) is 0. The number of aliphatic hydroxyl groups is 5. The zero-order chi connectivity index (χ0) is 20.8. The molecular formula is C12H22O13. The van der Waals surface area contributed by atoms with Gasteiger partial charge in [0.15, 0.2) is 5.60 Å². The van der Waals surface area contributed by atoms with E-state index in [1.54, 1.807) is 0 Å². The molecule has 0 fully saturated rings. The molecule has 0 aliphatic rings. The van der Waals surface area contributed by atoms with Crippen LogP contribution in [0.3, 0.4) is 0 Å². The molecule has 0 radical (unpaired) electrons. The molecular weight excluding hydrogens is 352 g/mol. The minimum Gasteiger partial charge on any atom is -0.481 e. The van der Waals surface area contributed by atoms with Crippen LogP contribution in [0, 0.1) is 0 Å². The second kappa shape index (κ2) is 14.1. The largest absolute Gasteiger partial charge is 0.481 e. The van der Waals surface area contributed by atoms with Gasteiger partial charge in [-0.05, 0) is 6.92 Å². The molecule has 0 saturated carbocycles. The molecule has 0 spiro atoms. The van der Waals surface area contributed by atoms with Gasteiger partial charge in [-0.3, -0.25) is 9.59 Å². The fourth-order valence-electron chi connectivity index (χ4n) is 0.772. The smallest absolute Gasteiger partial charge is 0.336 e. The van der Waals surface area contributed by atoms with Gasteiger partial charge in [-0.2, -0.15) is 0 Å². The first-order chi connectivity index (χ1) is 11.2. The molecule has 0 heterocycles. The van der Waals surface area contributed by atoms with E-state index in [4.69, 9.17) is 46.0 Å². The van der Waals surface area contributed by atoms with Crippen molar-refractivity contribution in [2.45, 2.75) is 37.6 Å². The van der Waals surface area contributed by atoms with Crippen LogP contribution in [-0.4, -0.2) is 101 Å². The number of aliphatic carboxylic acids is 4. The molecule has 0 aromatic carbocycles. The monoisotopic (exact) mass is 374 g/mol. The summed E-state index contributed by atoms with van der Waals surface area (Å²) in [5.41, 5.74) is -2.74. The van der Waals surface area contributed by atoms with Crippen molar-refractivity contribution in [2.24, 2.45) is 0 Å². The predicted molar refractivity (Wildman–Crippen MR) is 76.6 cm³/mol. The first kappa shape index (κ1) is 27.5. The van der Waals surface area contributed by atoms with Crippen molar-refractivity contribution in [3.8, 4) is 0 Å². The Labute approximate surface area is 141 Å². The van der Waals surface area contributed by atoms with Crippen LogP contribution in [0.4, 0.5) is 0 Å². The molecule has 13 nitrogen and oxygen atoms in total. The van der Waals surface area contributed by atoms with E-state index in [1.165, 1.54) is 6.92 Å². The van der Waals surface area contributed by atoms with Gasteiger partial charge >= 0.3 is 23.9 Å². The predicted octanol–water partition coefficient (Wildman–Crippen LogP) is -3.46. The second-order valence-corrected chi connectivity index (χ2v) is 4.51. The van der Waals surface area contributed by atoms with Crippen LogP contribution in [0.2, 0.25) is 0 Å². The van der Waals surface area contributed by atoms with Crippen molar-refractivity contribution < 1.29 is 65.1 Å². The summed E-state index contributed by atoms with van der Waals surface area (Å²) >= 11 is 0. The topological polar surface area (TPSA) is 250 Å². The van der Waals surface area contributed by atoms with Gasteiger partial charge in [0.1, 0.15) is 12.2 Å². The third kappa shape index (κ3) is 17.9. The number of carboxylic acid groups (broad SMARTS) is 4. The number of aliphatic hydroxyl groups excluding tert-OH is 4. The van der Waals surface area contributed by atoms with Crippen LogP contribution in [0.15, 0.2) is 0 Å². The van der Waals surface area contributed by atoms with Crippen molar-refractivity contribution in [3.63, 3.8) is 0 Å². The van der Waals surface area contributed by atoms with Crippen molar-refractivity contribution in [3.05, 3.63) is 0 Å². The molecule has 0 bridgehead atoms. The molecule has 0 amide bonds. The summed E-state index contributed by atoms with van der Waals surface area (Å²) in [4.78, 5) is 39.9. The highest BCUT2D eigenvalue weighted by atomic mass is 16.4. The first-order valence-electron chi connectivity index (χ1n) is 6.43. The van der Waals surface area contributed by atoms with Crippen LogP contribution in [-0.2, 0) is 19.2 Å². The van der Waals surface area contributed by atoms with E-state index in [0.29, 0.717) is 0 Å². The van der Waals surface area contributed by atoms with E-state index in [1.807, 2.05) is 0 Å². The molecule has 0 aromatic rings. The van der Waals surface area contributed by atoms with Crippen LogP contribution in [0.25, 0.3) is 0 Å². The maximum absolute atomic E-state index is 10.3. The van der Waals surface area contributed by atoms with Gasteiger partial charge in [0.2, 0.25) is 0 Å². The Morgan fingerprint density at radius 3 is 1.20 bits per heavy atom. The van der Waals surface area contributed by atoms with E-state index in [2.05, 4.69) is 0 Å². The summed E-state index contributed by atoms with van der Waals surface area (Å²) < 4.78 is 0. The summed E-state index contributed by atoms with van der Waals surface area (Å²) in [6, 6.07) is 0. The molecule has 1 unspecified atom stereocenters. The molecule has 25 heavy (non-hydrogen) atoms. The van der Waals surface area contributed by atoms with Crippen LogP contribution >= 0.6 is 0 Å². The Bertz CT molecular complexity index is 411. The third-order valence-electron chi connectivity index (χ3n) is 2.06. The van der Waals surface area contributed by atoms with E-state index < -0.39 is 54.5 Å². The SMILES string of the molecule is CC(O)C(=O)O.O=C(O)CC(O)(CC(=O)O)C(=O)O.OCC(O)CO. The average molecular weight is 374 g/mol. The average Bonchev–Trinajstić information content (AvgIpc) is 2.45. The maximum Gasteiger partial charge on any atom is 0.336 e. The van der Waals surface area contributed by atoms with Crippen LogP contribution in [0.5, 0.6) is 0 Å². The standard InChI is InChI=1S/C6H8O7.C3H8O3.C3H6O3/c7-3(8)1-6(13,5(11)12)2-4(9)10;4-1-3(6)2-5;1-2(4)3(5)6/h13H,1-2H2,(H,7,8)(H,9,10)(H,11,12);3-6H,1-2H2;2,4H,1H3,(H,5,6). The Kier molecular flexibility index (Phi) is 15.5. The van der Waals surface area contributed by atoms with E-state index >= 15 is 0 Å². The summed E-state index contributed by atoms with van der Waals surface area (Å²) in [5, 5.41) is 73.6. The maximum atomic E-state index is 10.3. The highest BCUT2D eigenvalue weighted by molar-refractivity contribution is 5.88. The number of carbonyl (C=O) groups is 4. The van der Waals surface area contributed by atoms with Gasteiger partial charge in [0.05, 0.1) is 26.1 Å². The molecule has 0 saturated heterocycles. The van der Waals surface area contributed by atoms with Gasteiger partial charge < -0.3 is 46.0 Å². The number of hydrogen-bond acceptors (Lipinski definition) is 9. The van der Waals surface area contributed by atoms with E-state index in [9.17, 15) is 19.2 Å². The van der Waals surface area contributed by atoms with Crippen LogP contribution in [0.1, 0.15) is 19.8 Å².